The average molecular weight is 328 g/mol. The summed E-state index contributed by atoms with van der Waals surface area (Å²) in [6.07, 6.45) is 1.69. The SMILES string of the molecule is CC(=O)NC1CCCN(C(=O)CNc2c(F)cccc2Cl)C1. The van der Waals surface area contributed by atoms with E-state index in [1.165, 1.54) is 19.1 Å². The lowest BCUT2D eigenvalue weighted by molar-refractivity contribution is -0.131. The summed E-state index contributed by atoms with van der Waals surface area (Å²) in [7, 11) is 0. The van der Waals surface area contributed by atoms with Crippen molar-refractivity contribution < 1.29 is 14.0 Å². The molecule has 0 bridgehead atoms. The van der Waals surface area contributed by atoms with Crippen LogP contribution in [-0.4, -0.2) is 42.4 Å². The normalized spacial score (nSPS) is 18.0. The largest absolute Gasteiger partial charge is 0.373 e. The molecule has 1 aliphatic rings. The molecule has 5 nitrogen and oxygen atoms in total. The van der Waals surface area contributed by atoms with Gasteiger partial charge in [0.05, 0.1) is 17.3 Å². The highest BCUT2D eigenvalue weighted by molar-refractivity contribution is 6.33. The van der Waals surface area contributed by atoms with Crippen LogP contribution in [0.3, 0.4) is 0 Å². The van der Waals surface area contributed by atoms with Crippen molar-refractivity contribution in [1.29, 1.82) is 0 Å². The van der Waals surface area contributed by atoms with Crippen LogP contribution < -0.4 is 10.6 Å². The summed E-state index contributed by atoms with van der Waals surface area (Å²) in [6.45, 7) is 2.54. The minimum atomic E-state index is -0.491. The van der Waals surface area contributed by atoms with Gasteiger partial charge in [-0.25, -0.2) is 4.39 Å². The van der Waals surface area contributed by atoms with Crippen LogP contribution in [-0.2, 0) is 9.59 Å². The Labute approximate surface area is 133 Å². The smallest absolute Gasteiger partial charge is 0.241 e. The second-order valence-electron chi connectivity index (χ2n) is 5.33. The zero-order valence-corrected chi connectivity index (χ0v) is 13.1. The van der Waals surface area contributed by atoms with Gasteiger partial charge in [0.15, 0.2) is 0 Å². The van der Waals surface area contributed by atoms with Crippen molar-refractivity contribution in [3.05, 3.63) is 29.0 Å². The maximum atomic E-state index is 13.6. The fraction of sp³-hybridized carbons (Fsp3) is 0.467. The first kappa shape index (κ1) is 16.5. The quantitative estimate of drug-likeness (QED) is 0.889. The van der Waals surface area contributed by atoms with Crippen LogP contribution in [0.4, 0.5) is 10.1 Å². The molecule has 2 rings (SSSR count). The van der Waals surface area contributed by atoms with E-state index in [-0.39, 0.29) is 35.1 Å². The molecule has 1 aromatic rings. The molecule has 1 aromatic carbocycles. The third kappa shape index (κ3) is 4.34. The molecule has 1 saturated heterocycles. The van der Waals surface area contributed by atoms with E-state index in [2.05, 4.69) is 10.6 Å². The summed E-state index contributed by atoms with van der Waals surface area (Å²) < 4.78 is 13.6. The second kappa shape index (κ2) is 7.45. The van der Waals surface area contributed by atoms with Crippen LogP contribution in [0.5, 0.6) is 0 Å². The highest BCUT2D eigenvalue weighted by atomic mass is 35.5. The molecule has 22 heavy (non-hydrogen) atoms. The third-order valence-electron chi connectivity index (χ3n) is 3.56. The topological polar surface area (TPSA) is 61.4 Å². The summed E-state index contributed by atoms with van der Waals surface area (Å²) in [4.78, 5) is 25.0. The summed E-state index contributed by atoms with van der Waals surface area (Å²) in [5, 5.41) is 5.81. The minimum Gasteiger partial charge on any atom is -0.373 e. The molecule has 0 aliphatic carbocycles. The Morgan fingerprint density at radius 3 is 2.91 bits per heavy atom. The fourth-order valence-electron chi connectivity index (χ4n) is 2.55. The summed E-state index contributed by atoms with van der Waals surface area (Å²) >= 11 is 5.90. The highest BCUT2D eigenvalue weighted by Crippen LogP contribution is 2.24. The maximum Gasteiger partial charge on any atom is 0.241 e. The Morgan fingerprint density at radius 2 is 2.23 bits per heavy atom. The van der Waals surface area contributed by atoms with E-state index in [9.17, 15) is 14.0 Å². The molecule has 0 radical (unpaired) electrons. The zero-order chi connectivity index (χ0) is 16.1. The Balaban J connectivity index is 1.90. The monoisotopic (exact) mass is 327 g/mol. The summed E-state index contributed by atoms with van der Waals surface area (Å²) in [5.41, 5.74) is 0.132. The molecule has 7 heteroatoms. The van der Waals surface area contributed by atoms with Gasteiger partial charge in [-0.15, -0.1) is 0 Å². The number of benzene rings is 1. The second-order valence-corrected chi connectivity index (χ2v) is 5.74. The molecule has 0 spiro atoms. The number of carbonyl (C=O) groups excluding carboxylic acids is 2. The van der Waals surface area contributed by atoms with Gasteiger partial charge in [0.1, 0.15) is 5.82 Å². The molecule has 1 unspecified atom stereocenters. The molecule has 0 aromatic heterocycles. The van der Waals surface area contributed by atoms with Gasteiger partial charge in [0.25, 0.3) is 0 Å². The standard InChI is InChI=1S/C15H19ClFN3O2/c1-10(21)19-11-4-3-7-20(9-11)14(22)8-18-15-12(16)5-2-6-13(15)17/h2,5-6,11,18H,3-4,7-9H2,1H3,(H,19,21). The lowest BCUT2D eigenvalue weighted by Gasteiger charge is -2.33. The number of amides is 2. The van der Waals surface area contributed by atoms with E-state index in [0.717, 1.165) is 12.8 Å². The van der Waals surface area contributed by atoms with Crippen molar-refractivity contribution in [3.8, 4) is 0 Å². The van der Waals surface area contributed by atoms with Crippen molar-refractivity contribution in [2.45, 2.75) is 25.8 Å². The van der Waals surface area contributed by atoms with Gasteiger partial charge < -0.3 is 15.5 Å². The van der Waals surface area contributed by atoms with Crippen LogP contribution in [0.1, 0.15) is 19.8 Å². The first-order valence-electron chi connectivity index (χ1n) is 7.20. The first-order chi connectivity index (χ1) is 10.5. The molecular formula is C15H19ClFN3O2. The third-order valence-corrected chi connectivity index (χ3v) is 3.88. The van der Waals surface area contributed by atoms with Gasteiger partial charge in [-0.05, 0) is 25.0 Å². The van der Waals surface area contributed by atoms with Gasteiger partial charge in [0.2, 0.25) is 11.8 Å². The molecular weight excluding hydrogens is 309 g/mol. The molecule has 1 atom stereocenters. The number of carbonyl (C=O) groups is 2. The lowest BCUT2D eigenvalue weighted by atomic mass is 10.1. The first-order valence-corrected chi connectivity index (χ1v) is 7.58. The molecule has 2 N–H and O–H groups in total. The van der Waals surface area contributed by atoms with Gasteiger partial charge in [-0.1, -0.05) is 17.7 Å². The van der Waals surface area contributed by atoms with E-state index in [1.54, 1.807) is 11.0 Å². The van der Waals surface area contributed by atoms with Crippen molar-refractivity contribution in [1.82, 2.24) is 10.2 Å². The number of rotatable bonds is 4. The summed E-state index contributed by atoms with van der Waals surface area (Å²) in [6, 6.07) is 4.33. The van der Waals surface area contributed by atoms with Crippen LogP contribution in [0.2, 0.25) is 5.02 Å². The Bertz CT molecular complexity index is 547. The van der Waals surface area contributed by atoms with Gasteiger partial charge in [-0.3, -0.25) is 9.59 Å². The summed E-state index contributed by atoms with van der Waals surface area (Å²) in [5.74, 6) is -0.736. The lowest BCUT2D eigenvalue weighted by Crippen LogP contribution is -2.50. The molecule has 0 saturated carbocycles. The Morgan fingerprint density at radius 1 is 1.45 bits per heavy atom. The van der Waals surface area contributed by atoms with E-state index < -0.39 is 5.82 Å². The number of hydrogen-bond acceptors (Lipinski definition) is 3. The molecule has 1 heterocycles. The van der Waals surface area contributed by atoms with Crippen LogP contribution in [0.25, 0.3) is 0 Å². The number of piperidine rings is 1. The van der Waals surface area contributed by atoms with Gasteiger partial charge in [0, 0.05) is 26.1 Å². The minimum absolute atomic E-state index is 0.0211. The number of hydrogen-bond donors (Lipinski definition) is 2. The van der Waals surface area contributed by atoms with E-state index in [4.69, 9.17) is 11.6 Å². The number of likely N-dealkylation sites (tertiary alicyclic amines) is 1. The highest BCUT2D eigenvalue weighted by Gasteiger charge is 2.24. The number of para-hydroxylation sites is 1. The number of nitrogens with zero attached hydrogens (tertiary/aromatic N) is 1. The van der Waals surface area contributed by atoms with E-state index in [0.29, 0.717) is 13.1 Å². The Kier molecular flexibility index (Phi) is 5.60. The van der Waals surface area contributed by atoms with Gasteiger partial charge >= 0.3 is 0 Å². The van der Waals surface area contributed by atoms with Crippen molar-refractivity contribution in [2.24, 2.45) is 0 Å². The predicted molar refractivity (Wildman–Crippen MR) is 83.3 cm³/mol. The van der Waals surface area contributed by atoms with Crippen LogP contribution in [0.15, 0.2) is 18.2 Å². The van der Waals surface area contributed by atoms with E-state index in [1.807, 2.05) is 0 Å². The van der Waals surface area contributed by atoms with Crippen molar-refractivity contribution in [2.75, 3.05) is 25.0 Å². The van der Waals surface area contributed by atoms with Crippen molar-refractivity contribution in [3.63, 3.8) is 0 Å². The maximum absolute atomic E-state index is 13.6. The van der Waals surface area contributed by atoms with Crippen LogP contribution in [0, 0.1) is 5.82 Å². The predicted octanol–water partition coefficient (Wildman–Crippen LogP) is 2.02. The molecule has 1 aliphatic heterocycles. The molecule has 1 fully saturated rings. The molecule has 2 amide bonds. The number of anilines is 1. The zero-order valence-electron chi connectivity index (χ0n) is 12.4. The number of nitrogens with one attached hydrogen (secondary N) is 2. The van der Waals surface area contributed by atoms with E-state index >= 15 is 0 Å². The van der Waals surface area contributed by atoms with Gasteiger partial charge in [-0.2, -0.15) is 0 Å². The Hall–Kier alpha value is -1.82. The van der Waals surface area contributed by atoms with Crippen LogP contribution >= 0.6 is 11.6 Å². The van der Waals surface area contributed by atoms with Crippen molar-refractivity contribution >= 4 is 29.1 Å². The number of halogens is 2. The average Bonchev–Trinajstić information content (AvgIpc) is 2.46. The fourth-order valence-corrected chi connectivity index (χ4v) is 2.78. The molecule has 120 valence electrons.